The lowest BCUT2D eigenvalue weighted by atomic mass is 10.3. The SMILES string of the molecule is O=C(Nc1ccnc(C(F)(F)F)c1)c1cccc(Cl)n1. The number of carbonyl (C=O) groups excluding carboxylic acids is 1. The van der Waals surface area contributed by atoms with Crippen LogP contribution in [0.2, 0.25) is 5.15 Å². The van der Waals surface area contributed by atoms with Crippen molar-refractivity contribution in [1.82, 2.24) is 9.97 Å². The minimum Gasteiger partial charge on any atom is -0.321 e. The third-order valence-electron chi connectivity index (χ3n) is 2.26. The number of nitrogens with zero attached hydrogens (tertiary/aromatic N) is 2. The lowest BCUT2D eigenvalue weighted by Gasteiger charge is -2.08. The Hall–Kier alpha value is -2.15. The van der Waals surface area contributed by atoms with E-state index >= 15 is 0 Å². The molecule has 2 heterocycles. The number of halogens is 4. The van der Waals surface area contributed by atoms with Crippen molar-refractivity contribution in [2.75, 3.05) is 5.32 Å². The molecule has 0 aliphatic carbocycles. The van der Waals surface area contributed by atoms with E-state index in [9.17, 15) is 18.0 Å². The molecule has 1 amide bonds. The predicted molar refractivity (Wildman–Crippen MR) is 66.4 cm³/mol. The Kier molecular flexibility index (Phi) is 3.89. The van der Waals surface area contributed by atoms with Gasteiger partial charge in [-0.05, 0) is 24.3 Å². The minimum atomic E-state index is -4.57. The van der Waals surface area contributed by atoms with E-state index in [4.69, 9.17) is 11.6 Å². The smallest absolute Gasteiger partial charge is 0.321 e. The number of amides is 1. The average Bonchev–Trinajstić information content (AvgIpc) is 2.38. The van der Waals surface area contributed by atoms with E-state index in [2.05, 4.69) is 15.3 Å². The second kappa shape index (κ2) is 5.46. The molecule has 0 spiro atoms. The molecule has 20 heavy (non-hydrogen) atoms. The monoisotopic (exact) mass is 301 g/mol. The normalized spacial score (nSPS) is 11.2. The number of anilines is 1. The Morgan fingerprint density at radius 3 is 2.65 bits per heavy atom. The third-order valence-corrected chi connectivity index (χ3v) is 2.47. The largest absolute Gasteiger partial charge is 0.433 e. The van der Waals surface area contributed by atoms with Crippen LogP contribution in [0, 0.1) is 0 Å². The van der Waals surface area contributed by atoms with E-state index < -0.39 is 17.8 Å². The van der Waals surface area contributed by atoms with Crippen LogP contribution in [0.3, 0.4) is 0 Å². The van der Waals surface area contributed by atoms with E-state index in [1.54, 1.807) is 0 Å². The summed E-state index contributed by atoms with van der Waals surface area (Å²) in [5.41, 5.74) is -1.11. The summed E-state index contributed by atoms with van der Waals surface area (Å²) >= 11 is 5.63. The zero-order valence-electron chi connectivity index (χ0n) is 9.78. The number of rotatable bonds is 2. The molecule has 1 N–H and O–H groups in total. The number of hydrogen-bond donors (Lipinski definition) is 1. The highest BCUT2D eigenvalue weighted by atomic mass is 35.5. The molecule has 0 fully saturated rings. The molecule has 0 unspecified atom stereocenters. The summed E-state index contributed by atoms with van der Waals surface area (Å²) in [5, 5.41) is 2.41. The lowest BCUT2D eigenvalue weighted by molar-refractivity contribution is -0.141. The molecular weight excluding hydrogens is 295 g/mol. The minimum absolute atomic E-state index is 0.00266. The van der Waals surface area contributed by atoms with Gasteiger partial charge in [0.2, 0.25) is 0 Å². The van der Waals surface area contributed by atoms with Gasteiger partial charge in [-0.25, -0.2) is 4.98 Å². The Bertz CT molecular complexity index is 646. The van der Waals surface area contributed by atoms with E-state index in [1.807, 2.05) is 0 Å². The summed E-state index contributed by atoms with van der Waals surface area (Å²) in [5.74, 6) is -0.660. The maximum absolute atomic E-state index is 12.5. The van der Waals surface area contributed by atoms with Gasteiger partial charge in [0, 0.05) is 11.9 Å². The summed E-state index contributed by atoms with van der Waals surface area (Å²) < 4.78 is 37.4. The number of carbonyl (C=O) groups is 1. The highest BCUT2D eigenvalue weighted by molar-refractivity contribution is 6.29. The molecule has 104 valence electrons. The molecule has 8 heteroatoms. The first-order chi connectivity index (χ1) is 9.36. The first-order valence-electron chi connectivity index (χ1n) is 5.33. The standard InChI is InChI=1S/C12H7ClF3N3O/c13-10-3-1-2-8(19-10)11(20)18-7-4-5-17-9(6-7)12(14,15)16/h1-6H,(H,17,18,20). The molecule has 0 atom stereocenters. The van der Waals surface area contributed by atoms with E-state index in [1.165, 1.54) is 24.3 Å². The van der Waals surface area contributed by atoms with Gasteiger partial charge >= 0.3 is 6.18 Å². The van der Waals surface area contributed by atoms with Gasteiger partial charge in [-0.15, -0.1) is 0 Å². The number of pyridine rings is 2. The fourth-order valence-corrected chi connectivity index (χ4v) is 1.56. The van der Waals surface area contributed by atoms with Crippen LogP contribution in [0.4, 0.5) is 18.9 Å². The molecule has 0 aromatic carbocycles. The number of aromatic nitrogens is 2. The zero-order chi connectivity index (χ0) is 14.8. The van der Waals surface area contributed by atoms with Gasteiger partial charge in [-0.3, -0.25) is 9.78 Å². The second-order valence-corrected chi connectivity index (χ2v) is 4.11. The van der Waals surface area contributed by atoms with Crippen molar-refractivity contribution in [3.8, 4) is 0 Å². The van der Waals surface area contributed by atoms with Gasteiger partial charge in [0.15, 0.2) is 0 Å². The van der Waals surface area contributed by atoms with Crippen molar-refractivity contribution in [1.29, 1.82) is 0 Å². The van der Waals surface area contributed by atoms with Crippen LogP contribution in [0.1, 0.15) is 16.2 Å². The van der Waals surface area contributed by atoms with Crippen LogP contribution in [0.25, 0.3) is 0 Å². The van der Waals surface area contributed by atoms with E-state index in [0.29, 0.717) is 0 Å². The fraction of sp³-hybridized carbons (Fsp3) is 0.0833. The van der Waals surface area contributed by atoms with Crippen molar-refractivity contribution in [2.45, 2.75) is 6.18 Å². The molecule has 2 rings (SSSR count). The first-order valence-corrected chi connectivity index (χ1v) is 5.71. The van der Waals surface area contributed by atoms with Gasteiger partial charge in [0.25, 0.3) is 5.91 Å². The molecule has 2 aromatic heterocycles. The van der Waals surface area contributed by atoms with Crippen LogP contribution in [-0.4, -0.2) is 15.9 Å². The lowest BCUT2D eigenvalue weighted by Crippen LogP contribution is -2.15. The van der Waals surface area contributed by atoms with Gasteiger partial charge in [-0.1, -0.05) is 17.7 Å². The van der Waals surface area contributed by atoms with Gasteiger partial charge in [0.05, 0.1) is 0 Å². The Balaban J connectivity index is 2.20. The molecular formula is C12H7ClF3N3O. The Morgan fingerprint density at radius 1 is 1.25 bits per heavy atom. The Morgan fingerprint density at radius 2 is 2.00 bits per heavy atom. The van der Waals surface area contributed by atoms with Crippen molar-refractivity contribution < 1.29 is 18.0 Å². The van der Waals surface area contributed by atoms with Crippen LogP contribution in [0.15, 0.2) is 36.5 Å². The van der Waals surface area contributed by atoms with Crippen molar-refractivity contribution >= 4 is 23.2 Å². The van der Waals surface area contributed by atoms with Crippen LogP contribution in [0.5, 0.6) is 0 Å². The molecule has 0 saturated carbocycles. The molecule has 0 aliphatic heterocycles. The molecule has 0 bridgehead atoms. The average molecular weight is 302 g/mol. The quantitative estimate of drug-likeness (QED) is 0.865. The maximum Gasteiger partial charge on any atom is 0.433 e. The van der Waals surface area contributed by atoms with Crippen molar-refractivity contribution in [3.05, 3.63) is 53.1 Å². The Labute approximate surface area is 116 Å². The summed E-state index contributed by atoms with van der Waals surface area (Å²) in [7, 11) is 0. The van der Waals surface area contributed by atoms with Crippen LogP contribution < -0.4 is 5.32 Å². The zero-order valence-corrected chi connectivity index (χ0v) is 10.5. The number of hydrogen-bond acceptors (Lipinski definition) is 3. The van der Waals surface area contributed by atoms with Gasteiger partial charge in [-0.2, -0.15) is 13.2 Å². The van der Waals surface area contributed by atoms with E-state index in [-0.39, 0.29) is 16.5 Å². The molecule has 0 radical (unpaired) electrons. The highest BCUT2D eigenvalue weighted by Gasteiger charge is 2.32. The van der Waals surface area contributed by atoms with E-state index in [0.717, 1.165) is 12.3 Å². The molecule has 0 saturated heterocycles. The van der Waals surface area contributed by atoms with Gasteiger partial charge < -0.3 is 5.32 Å². The van der Waals surface area contributed by atoms with Gasteiger partial charge in [0.1, 0.15) is 16.5 Å². The summed E-state index contributed by atoms with van der Waals surface area (Å²) in [6, 6.07) is 6.37. The van der Waals surface area contributed by atoms with Crippen molar-refractivity contribution in [3.63, 3.8) is 0 Å². The highest BCUT2D eigenvalue weighted by Crippen LogP contribution is 2.28. The third kappa shape index (κ3) is 3.45. The number of alkyl halides is 3. The summed E-state index contributed by atoms with van der Waals surface area (Å²) in [6.07, 6.45) is -3.61. The summed E-state index contributed by atoms with van der Waals surface area (Å²) in [4.78, 5) is 18.7. The number of nitrogens with one attached hydrogen (secondary N) is 1. The van der Waals surface area contributed by atoms with Crippen LogP contribution in [-0.2, 0) is 6.18 Å². The second-order valence-electron chi connectivity index (χ2n) is 3.73. The summed E-state index contributed by atoms with van der Waals surface area (Å²) in [6.45, 7) is 0. The molecule has 0 aliphatic rings. The fourth-order valence-electron chi connectivity index (χ4n) is 1.39. The van der Waals surface area contributed by atoms with Crippen LogP contribution >= 0.6 is 11.6 Å². The topological polar surface area (TPSA) is 54.9 Å². The maximum atomic E-state index is 12.5. The molecule has 2 aromatic rings. The van der Waals surface area contributed by atoms with Crippen molar-refractivity contribution in [2.24, 2.45) is 0 Å². The first kappa shape index (κ1) is 14.3. The predicted octanol–water partition coefficient (Wildman–Crippen LogP) is 3.40. The molecule has 4 nitrogen and oxygen atoms in total.